The van der Waals surface area contributed by atoms with Gasteiger partial charge in [0.15, 0.2) is 0 Å². The van der Waals surface area contributed by atoms with Gasteiger partial charge in [-0.15, -0.1) is 11.3 Å². The Kier molecular flexibility index (Phi) is 4.12. The van der Waals surface area contributed by atoms with E-state index in [0.29, 0.717) is 6.54 Å². The summed E-state index contributed by atoms with van der Waals surface area (Å²) >= 11 is 1.52. The Balaban J connectivity index is 1.67. The van der Waals surface area contributed by atoms with Crippen molar-refractivity contribution in [3.05, 3.63) is 83.2 Å². The van der Waals surface area contributed by atoms with Gasteiger partial charge in [-0.05, 0) is 23.3 Å². The molecule has 3 heteroatoms. The highest BCUT2D eigenvalue weighted by Crippen LogP contribution is 2.27. The maximum atomic E-state index is 12.2. The molecule has 0 saturated carbocycles. The first-order chi connectivity index (χ1) is 10.3. The van der Waals surface area contributed by atoms with E-state index in [4.69, 9.17) is 0 Å². The lowest BCUT2D eigenvalue weighted by Crippen LogP contribution is -2.21. The molecular weight excluding hydrogens is 278 g/mol. The first kappa shape index (κ1) is 13.6. The van der Waals surface area contributed by atoms with E-state index in [1.165, 1.54) is 11.3 Å². The molecule has 1 amide bonds. The third-order valence-electron chi connectivity index (χ3n) is 3.18. The van der Waals surface area contributed by atoms with Crippen LogP contribution in [-0.2, 0) is 6.54 Å². The highest BCUT2D eigenvalue weighted by Gasteiger charge is 2.09. The molecule has 0 aliphatic carbocycles. The first-order valence-electron chi connectivity index (χ1n) is 6.80. The fourth-order valence-electron chi connectivity index (χ4n) is 2.08. The minimum Gasteiger partial charge on any atom is -0.347 e. The van der Waals surface area contributed by atoms with Crippen LogP contribution in [-0.4, -0.2) is 5.91 Å². The van der Waals surface area contributed by atoms with Gasteiger partial charge in [-0.25, -0.2) is 0 Å². The Morgan fingerprint density at radius 2 is 1.52 bits per heavy atom. The second kappa shape index (κ2) is 6.37. The minimum atomic E-state index is -0.0222. The van der Waals surface area contributed by atoms with Crippen LogP contribution in [0.4, 0.5) is 0 Å². The molecule has 0 spiro atoms. The summed E-state index contributed by atoms with van der Waals surface area (Å²) in [5, 5.41) is 2.95. The molecule has 1 N–H and O–H groups in total. The van der Waals surface area contributed by atoms with E-state index in [1.807, 2.05) is 60.7 Å². The zero-order valence-corrected chi connectivity index (χ0v) is 12.3. The van der Waals surface area contributed by atoms with Crippen molar-refractivity contribution < 1.29 is 4.79 Å². The van der Waals surface area contributed by atoms with Crippen LogP contribution in [0.5, 0.6) is 0 Å². The fourth-order valence-corrected chi connectivity index (χ4v) is 3.01. The topological polar surface area (TPSA) is 29.1 Å². The van der Waals surface area contributed by atoms with Gasteiger partial charge in [0.05, 0.1) is 4.88 Å². The summed E-state index contributed by atoms with van der Waals surface area (Å²) in [7, 11) is 0. The average Bonchev–Trinajstić information content (AvgIpc) is 3.04. The number of benzene rings is 2. The third-order valence-corrected chi connectivity index (χ3v) is 4.32. The summed E-state index contributed by atoms with van der Waals surface area (Å²) < 4.78 is 0. The van der Waals surface area contributed by atoms with Crippen LogP contribution in [0.15, 0.2) is 72.8 Å². The predicted molar refractivity (Wildman–Crippen MR) is 87.4 cm³/mol. The molecule has 0 saturated heterocycles. The molecule has 0 bridgehead atoms. The number of thiophene rings is 1. The third kappa shape index (κ3) is 3.38. The van der Waals surface area contributed by atoms with E-state index in [2.05, 4.69) is 17.4 Å². The Hall–Kier alpha value is -2.39. The Labute approximate surface area is 128 Å². The zero-order valence-electron chi connectivity index (χ0n) is 11.5. The highest BCUT2D eigenvalue weighted by molar-refractivity contribution is 7.17. The number of carbonyl (C=O) groups is 1. The van der Waals surface area contributed by atoms with Gasteiger partial charge in [-0.1, -0.05) is 60.7 Å². The molecule has 1 heterocycles. The lowest BCUT2D eigenvalue weighted by molar-refractivity contribution is 0.0955. The van der Waals surface area contributed by atoms with Gasteiger partial charge in [0, 0.05) is 11.4 Å². The summed E-state index contributed by atoms with van der Waals surface area (Å²) in [6, 6.07) is 23.9. The first-order valence-corrected chi connectivity index (χ1v) is 7.62. The molecule has 0 radical (unpaired) electrons. The van der Waals surface area contributed by atoms with Crippen LogP contribution in [0.2, 0.25) is 0 Å². The smallest absolute Gasteiger partial charge is 0.261 e. The van der Waals surface area contributed by atoms with Crippen molar-refractivity contribution in [2.75, 3.05) is 0 Å². The van der Waals surface area contributed by atoms with Crippen molar-refractivity contribution in [3.8, 4) is 10.4 Å². The van der Waals surface area contributed by atoms with Gasteiger partial charge < -0.3 is 5.32 Å². The zero-order chi connectivity index (χ0) is 14.5. The largest absolute Gasteiger partial charge is 0.347 e. The van der Waals surface area contributed by atoms with Gasteiger partial charge in [0.1, 0.15) is 0 Å². The molecular formula is C18H15NOS. The standard InChI is InChI=1S/C18H15NOS/c20-18(19-13-14-7-3-1-4-8-14)17-12-11-16(21-17)15-9-5-2-6-10-15/h1-12H,13H2,(H,19,20). The van der Waals surface area contributed by atoms with Crippen LogP contribution in [0, 0.1) is 0 Å². The van der Waals surface area contributed by atoms with Crippen molar-refractivity contribution in [2.24, 2.45) is 0 Å². The molecule has 0 fully saturated rings. The molecule has 0 unspecified atom stereocenters. The number of amides is 1. The summed E-state index contributed by atoms with van der Waals surface area (Å²) in [4.78, 5) is 14.0. The van der Waals surface area contributed by atoms with Crippen molar-refractivity contribution in [2.45, 2.75) is 6.54 Å². The molecule has 104 valence electrons. The van der Waals surface area contributed by atoms with Crippen molar-refractivity contribution in [3.63, 3.8) is 0 Å². The van der Waals surface area contributed by atoms with E-state index in [9.17, 15) is 4.79 Å². The van der Waals surface area contributed by atoms with Crippen LogP contribution in [0.1, 0.15) is 15.2 Å². The van der Waals surface area contributed by atoms with Crippen LogP contribution in [0.3, 0.4) is 0 Å². The van der Waals surface area contributed by atoms with Crippen molar-refractivity contribution in [1.29, 1.82) is 0 Å². The number of hydrogen-bond donors (Lipinski definition) is 1. The molecule has 21 heavy (non-hydrogen) atoms. The normalized spacial score (nSPS) is 10.3. The predicted octanol–water partition coefficient (Wildman–Crippen LogP) is 4.35. The molecule has 0 aliphatic rings. The van der Waals surface area contributed by atoms with Gasteiger partial charge in [0.25, 0.3) is 5.91 Å². The van der Waals surface area contributed by atoms with E-state index in [1.54, 1.807) is 0 Å². The van der Waals surface area contributed by atoms with Gasteiger partial charge in [0.2, 0.25) is 0 Å². The van der Waals surface area contributed by atoms with E-state index < -0.39 is 0 Å². The van der Waals surface area contributed by atoms with E-state index in [-0.39, 0.29) is 5.91 Å². The summed E-state index contributed by atoms with van der Waals surface area (Å²) in [6.45, 7) is 0.554. The van der Waals surface area contributed by atoms with Crippen LogP contribution < -0.4 is 5.32 Å². The number of rotatable bonds is 4. The molecule has 0 atom stereocenters. The molecule has 2 nitrogen and oxygen atoms in total. The number of carbonyl (C=O) groups excluding carboxylic acids is 1. The monoisotopic (exact) mass is 293 g/mol. The lowest BCUT2D eigenvalue weighted by atomic mass is 10.2. The molecule has 3 aromatic rings. The molecule has 3 rings (SSSR count). The van der Waals surface area contributed by atoms with E-state index in [0.717, 1.165) is 20.9 Å². The Morgan fingerprint density at radius 1 is 0.857 bits per heavy atom. The van der Waals surface area contributed by atoms with Crippen LogP contribution >= 0.6 is 11.3 Å². The van der Waals surface area contributed by atoms with Gasteiger partial charge >= 0.3 is 0 Å². The number of hydrogen-bond acceptors (Lipinski definition) is 2. The quantitative estimate of drug-likeness (QED) is 0.761. The van der Waals surface area contributed by atoms with Crippen LogP contribution in [0.25, 0.3) is 10.4 Å². The summed E-state index contributed by atoms with van der Waals surface area (Å²) in [6.07, 6.45) is 0. The maximum Gasteiger partial charge on any atom is 0.261 e. The number of nitrogens with one attached hydrogen (secondary N) is 1. The lowest BCUT2D eigenvalue weighted by Gasteiger charge is -2.03. The summed E-state index contributed by atoms with van der Waals surface area (Å²) in [5.41, 5.74) is 2.25. The highest BCUT2D eigenvalue weighted by atomic mass is 32.1. The van der Waals surface area contributed by atoms with Gasteiger partial charge in [-0.2, -0.15) is 0 Å². The molecule has 0 aliphatic heterocycles. The van der Waals surface area contributed by atoms with Gasteiger partial charge in [-0.3, -0.25) is 4.79 Å². The minimum absolute atomic E-state index is 0.0222. The maximum absolute atomic E-state index is 12.2. The second-order valence-corrected chi connectivity index (χ2v) is 5.78. The summed E-state index contributed by atoms with van der Waals surface area (Å²) in [5.74, 6) is -0.0222. The molecule has 2 aromatic carbocycles. The Morgan fingerprint density at radius 3 is 2.24 bits per heavy atom. The second-order valence-electron chi connectivity index (χ2n) is 4.70. The van der Waals surface area contributed by atoms with Crippen molar-refractivity contribution in [1.82, 2.24) is 5.32 Å². The van der Waals surface area contributed by atoms with E-state index >= 15 is 0 Å². The van der Waals surface area contributed by atoms with Crippen molar-refractivity contribution >= 4 is 17.2 Å². The Bertz CT molecular complexity index is 719. The SMILES string of the molecule is O=C(NCc1ccccc1)c1ccc(-c2ccccc2)s1. The fraction of sp³-hybridized carbons (Fsp3) is 0.0556. The molecule has 1 aromatic heterocycles. The average molecular weight is 293 g/mol.